The van der Waals surface area contributed by atoms with Gasteiger partial charge >= 0.3 is 0 Å². The number of methoxy groups -OCH3 is 1. The van der Waals surface area contributed by atoms with Crippen molar-refractivity contribution >= 4 is 5.91 Å². The Balaban J connectivity index is 1.48. The summed E-state index contributed by atoms with van der Waals surface area (Å²) in [7, 11) is 1.58. The molecule has 0 fully saturated rings. The molecule has 4 rings (SSSR count). The zero-order chi connectivity index (χ0) is 18.1. The van der Waals surface area contributed by atoms with E-state index in [1.165, 1.54) is 0 Å². The first-order valence-electron chi connectivity index (χ1n) is 8.68. The maximum absolute atomic E-state index is 12.6. The van der Waals surface area contributed by atoms with Gasteiger partial charge in [0.25, 0.3) is 5.91 Å². The highest BCUT2D eigenvalue weighted by Gasteiger charge is 2.25. The molecule has 2 heterocycles. The van der Waals surface area contributed by atoms with E-state index in [2.05, 4.69) is 5.32 Å². The van der Waals surface area contributed by atoms with Crippen molar-refractivity contribution in [1.82, 2.24) is 5.32 Å². The highest BCUT2D eigenvalue weighted by Crippen LogP contribution is 2.39. The van der Waals surface area contributed by atoms with E-state index in [0.29, 0.717) is 36.8 Å². The van der Waals surface area contributed by atoms with Crippen LogP contribution >= 0.6 is 0 Å². The molecule has 2 aromatic rings. The maximum Gasteiger partial charge on any atom is 0.251 e. The van der Waals surface area contributed by atoms with Crippen molar-refractivity contribution in [3.8, 4) is 23.0 Å². The SMILES string of the molecule is COc1cc(C(=O)NCc2ccc3c(c2)OCCO3)cc2c1O[C@H](C)C2. The summed E-state index contributed by atoms with van der Waals surface area (Å²) in [4.78, 5) is 12.6. The number of nitrogens with one attached hydrogen (secondary N) is 1. The molecule has 0 saturated carbocycles. The van der Waals surface area contributed by atoms with E-state index in [4.69, 9.17) is 18.9 Å². The van der Waals surface area contributed by atoms with Crippen LogP contribution in [0.2, 0.25) is 0 Å². The maximum atomic E-state index is 12.6. The second-order valence-electron chi connectivity index (χ2n) is 6.46. The normalized spacial score (nSPS) is 17.2. The highest BCUT2D eigenvalue weighted by atomic mass is 16.6. The van der Waals surface area contributed by atoms with E-state index in [1.807, 2.05) is 31.2 Å². The summed E-state index contributed by atoms with van der Waals surface area (Å²) in [5, 5.41) is 2.94. The fourth-order valence-electron chi connectivity index (χ4n) is 3.26. The number of rotatable bonds is 4. The second-order valence-corrected chi connectivity index (χ2v) is 6.46. The van der Waals surface area contributed by atoms with E-state index in [-0.39, 0.29) is 12.0 Å². The average molecular weight is 355 g/mol. The number of carbonyl (C=O) groups is 1. The summed E-state index contributed by atoms with van der Waals surface area (Å²) in [6.45, 7) is 3.51. The minimum absolute atomic E-state index is 0.0925. The van der Waals surface area contributed by atoms with Gasteiger partial charge in [0.1, 0.15) is 19.3 Å². The molecule has 2 aromatic carbocycles. The van der Waals surface area contributed by atoms with E-state index >= 15 is 0 Å². The molecule has 2 aliphatic rings. The fourth-order valence-corrected chi connectivity index (χ4v) is 3.26. The van der Waals surface area contributed by atoms with Crippen molar-refractivity contribution in [2.24, 2.45) is 0 Å². The summed E-state index contributed by atoms with van der Waals surface area (Å²) in [5.74, 6) is 2.64. The molecule has 0 saturated heterocycles. The van der Waals surface area contributed by atoms with Crippen LogP contribution in [-0.4, -0.2) is 32.3 Å². The standard InChI is InChI=1S/C20H21NO5/c1-12-7-14-9-15(10-18(23-2)19(14)26-12)20(22)21-11-13-3-4-16-17(8-13)25-6-5-24-16/h3-4,8-10,12H,5-7,11H2,1-2H3,(H,21,22)/t12-/m1/s1. The summed E-state index contributed by atoms with van der Waals surface area (Å²) < 4.78 is 22.2. The lowest BCUT2D eigenvalue weighted by molar-refractivity contribution is 0.0950. The van der Waals surface area contributed by atoms with Crippen LogP contribution in [0.15, 0.2) is 30.3 Å². The molecule has 6 nitrogen and oxygen atoms in total. The van der Waals surface area contributed by atoms with Gasteiger partial charge in [-0.25, -0.2) is 0 Å². The van der Waals surface area contributed by atoms with Crippen LogP contribution in [0, 0.1) is 0 Å². The van der Waals surface area contributed by atoms with Crippen molar-refractivity contribution in [3.63, 3.8) is 0 Å². The van der Waals surface area contributed by atoms with Gasteiger partial charge in [0.2, 0.25) is 0 Å². The number of hydrogen-bond donors (Lipinski definition) is 1. The third kappa shape index (κ3) is 3.14. The van der Waals surface area contributed by atoms with Crippen LogP contribution in [0.1, 0.15) is 28.4 Å². The van der Waals surface area contributed by atoms with Gasteiger partial charge in [-0.1, -0.05) is 6.07 Å². The van der Waals surface area contributed by atoms with Gasteiger partial charge in [-0.2, -0.15) is 0 Å². The predicted molar refractivity (Wildman–Crippen MR) is 95.4 cm³/mol. The molecule has 0 spiro atoms. The van der Waals surface area contributed by atoms with E-state index in [1.54, 1.807) is 13.2 Å². The molecular weight excluding hydrogens is 334 g/mol. The Morgan fingerprint density at radius 1 is 1.19 bits per heavy atom. The number of fused-ring (bicyclic) bond motifs is 2. The summed E-state index contributed by atoms with van der Waals surface area (Å²) in [5.41, 5.74) is 2.52. The van der Waals surface area contributed by atoms with Crippen molar-refractivity contribution in [1.29, 1.82) is 0 Å². The van der Waals surface area contributed by atoms with Gasteiger partial charge < -0.3 is 24.3 Å². The fraction of sp³-hybridized carbons (Fsp3) is 0.350. The third-order valence-electron chi connectivity index (χ3n) is 4.50. The smallest absolute Gasteiger partial charge is 0.251 e. The lowest BCUT2D eigenvalue weighted by Gasteiger charge is -2.19. The zero-order valence-electron chi connectivity index (χ0n) is 14.8. The molecule has 1 amide bonds. The van der Waals surface area contributed by atoms with E-state index in [9.17, 15) is 4.79 Å². The first-order chi connectivity index (χ1) is 12.6. The monoisotopic (exact) mass is 355 g/mol. The number of carbonyl (C=O) groups excluding carboxylic acids is 1. The molecule has 1 N–H and O–H groups in total. The van der Waals surface area contributed by atoms with Gasteiger partial charge in [-0.05, 0) is 36.8 Å². The quantitative estimate of drug-likeness (QED) is 0.913. The molecule has 136 valence electrons. The van der Waals surface area contributed by atoms with Crippen molar-refractivity contribution in [3.05, 3.63) is 47.0 Å². The van der Waals surface area contributed by atoms with E-state index < -0.39 is 0 Å². The third-order valence-corrected chi connectivity index (χ3v) is 4.50. The topological polar surface area (TPSA) is 66.0 Å². The number of amides is 1. The molecule has 1 atom stereocenters. The van der Waals surface area contributed by atoms with Gasteiger partial charge in [0.05, 0.1) is 7.11 Å². The Bertz CT molecular complexity index is 848. The Labute approximate surface area is 152 Å². The van der Waals surface area contributed by atoms with Gasteiger partial charge in [-0.3, -0.25) is 4.79 Å². The van der Waals surface area contributed by atoms with Crippen LogP contribution in [0.4, 0.5) is 0 Å². The minimum Gasteiger partial charge on any atom is -0.493 e. The van der Waals surface area contributed by atoms with Crippen LogP contribution in [0.25, 0.3) is 0 Å². The Kier molecular flexibility index (Phi) is 4.32. The average Bonchev–Trinajstić information content (AvgIpc) is 3.05. The first-order valence-corrected chi connectivity index (χ1v) is 8.68. The highest BCUT2D eigenvalue weighted by molar-refractivity contribution is 5.95. The van der Waals surface area contributed by atoms with Crippen LogP contribution < -0.4 is 24.3 Å². The molecule has 0 bridgehead atoms. The molecule has 26 heavy (non-hydrogen) atoms. The van der Waals surface area contributed by atoms with Crippen molar-refractivity contribution in [2.75, 3.05) is 20.3 Å². The van der Waals surface area contributed by atoms with Gasteiger partial charge in [-0.15, -0.1) is 0 Å². The predicted octanol–water partition coefficient (Wildman–Crippen LogP) is 2.72. The molecule has 2 aliphatic heterocycles. The second kappa shape index (κ2) is 6.78. The van der Waals surface area contributed by atoms with E-state index in [0.717, 1.165) is 29.0 Å². The van der Waals surface area contributed by atoms with Crippen LogP contribution in [-0.2, 0) is 13.0 Å². The molecule has 0 unspecified atom stereocenters. The largest absolute Gasteiger partial charge is 0.493 e. The Morgan fingerprint density at radius 3 is 2.81 bits per heavy atom. The molecule has 0 aromatic heterocycles. The lowest BCUT2D eigenvalue weighted by Crippen LogP contribution is -2.23. The summed E-state index contributed by atoms with van der Waals surface area (Å²) in [6.07, 6.45) is 0.865. The minimum atomic E-state index is -0.152. The molecule has 0 aliphatic carbocycles. The first kappa shape index (κ1) is 16.6. The summed E-state index contributed by atoms with van der Waals surface area (Å²) in [6, 6.07) is 9.28. The van der Waals surface area contributed by atoms with Crippen LogP contribution in [0.5, 0.6) is 23.0 Å². The van der Waals surface area contributed by atoms with Crippen molar-refractivity contribution < 1.29 is 23.7 Å². The Morgan fingerprint density at radius 2 is 2.00 bits per heavy atom. The Hall–Kier alpha value is -2.89. The molecule has 0 radical (unpaired) electrons. The lowest BCUT2D eigenvalue weighted by atomic mass is 10.1. The number of ether oxygens (including phenoxy) is 4. The van der Waals surface area contributed by atoms with Gasteiger partial charge in [0, 0.05) is 24.1 Å². The summed E-state index contributed by atoms with van der Waals surface area (Å²) >= 11 is 0. The van der Waals surface area contributed by atoms with Crippen molar-refractivity contribution in [2.45, 2.75) is 26.0 Å². The number of hydrogen-bond acceptors (Lipinski definition) is 5. The van der Waals surface area contributed by atoms with Crippen LogP contribution in [0.3, 0.4) is 0 Å². The number of benzene rings is 2. The van der Waals surface area contributed by atoms with Gasteiger partial charge in [0.15, 0.2) is 23.0 Å². The molecule has 6 heteroatoms. The molecular formula is C20H21NO5. The zero-order valence-corrected chi connectivity index (χ0v) is 14.8.